The zero-order valence-corrected chi connectivity index (χ0v) is 13.5. The molecule has 0 aliphatic heterocycles. The summed E-state index contributed by atoms with van der Waals surface area (Å²) in [6.45, 7) is 0. The standard InChI is InChI=1S/C11H7Br2ClFN3O/c1-19-10-7(13)4-16-11(18-10)17-9-6(12)2-5(15)3-8(9)14/h2-4H,1H3,(H,16,17,18). The van der Waals surface area contributed by atoms with Crippen molar-refractivity contribution in [1.82, 2.24) is 9.97 Å². The second kappa shape index (κ2) is 6.02. The number of nitrogens with zero attached hydrogens (tertiary/aromatic N) is 2. The van der Waals surface area contributed by atoms with Crippen molar-refractivity contribution < 1.29 is 9.13 Å². The first kappa shape index (κ1) is 14.5. The van der Waals surface area contributed by atoms with Crippen LogP contribution in [0.3, 0.4) is 0 Å². The molecule has 0 saturated heterocycles. The molecule has 2 rings (SSSR count). The Bertz CT molecular complexity index is 604. The number of methoxy groups -OCH3 is 1. The zero-order valence-electron chi connectivity index (χ0n) is 9.55. The lowest BCUT2D eigenvalue weighted by Gasteiger charge is -2.10. The van der Waals surface area contributed by atoms with Gasteiger partial charge in [-0.2, -0.15) is 4.98 Å². The monoisotopic (exact) mass is 409 g/mol. The highest BCUT2D eigenvalue weighted by Gasteiger charge is 2.11. The van der Waals surface area contributed by atoms with Gasteiger partial charge in [0.05, 0.1) is 28.5 Å². The van der Waals surface area contributed by atoms with Crippen LogP contribution in [-0.2, 0) is 0 Å². The predicted octanol–water partition coefficient (Wildman–Crippen LogP) is 4.55. The highest BCUT2D eigenvalue weighted by atomic mass is 79.9. The third kappa shape index (κ3) is 3.34. The van der Waals surface area contributed by atoms with E-state index in [9.17, 15) is 4.39 Å². The van der Waals surface area contributed by atoms with Gasteiger partial charge in [-0.15, -0.1) is 0 Å². The normalized spacial score (nSPS) is 10.4. The number of rotatable bonds is 3. The van der Waals surface area contributed by atoms with Gasteiger partial charge in [0.25, 0.3) is 0 Å². The fourth-order valence-electron chi connectivity index (χ4n) is 1.33. The van der Waals surface area contributed by atoms with E-state index < -0.39 is 5.82 Å². The summed E-state index contributed by atoms with van der Waals surface area (Å²) in [7, 11) is 1.50. The summed E-state index contributed by atoms with van der Waals surface area (Å²) in [6, 6.07) is 2.50. The van der Waals surface area contributed by atoms with Gasteiger partial charge in [-0.3, -0.25) is 0 Å². The van der Waals surface area contributed by atoms with Crippen molar-refractivity contribution in [2.75, 3.05) is 12.4 Å². The van der Waals surface area contributed by atoms with E-state index in [1.165, 1.54) is 19.2 Å². The molecule has 19 heavy (non-hydrogen) atoms. The average molecular weight is 411 g/mol. The number of hydrogen-bond donors (Lipinski definition) is 1. The Balaban J connectivity index is 2.36. The van der Waals surface area contributed by atoms with Crippen molar-refractivity contribution in [2.24, 2.45) is 0 Å². The molecule has 0 saturated carbocycles. The summed E-state index contributed by atoms with van der Waals surface area (Å²) < 4.78 is 19.3. The number of nitrogens with one attached hydrogen (secondary N) is 1. The molecule has 1 heterocycles. The van der Waals surface area contributed by atoms with Crippen molar-refractivity contribution in [2.45, 2.75) is 0 Å². The molecular formula is C11H7Br2ClFN3O. The molecule has 1 aromatic carbocycles. The molecule has 0 fully saturated rings. The molecule has 4 nitrogen and oxygen atoms in total. The Hall–Kier alpha value is -0.920. The number of halogens is 4. The topological polar surface area (TPSA) is 47.0 Å². The second-order valence-electron chi connectivity index (χ2n) is 3.42. The molecule has 1 N–H and O–H groups in total. The molecule has 2 aromatic rings. The lowest BCUT2D eigenvalue weighted by Crippen LogP contribution is -2.00. The van der Waals surface area contributed by atoms with E-state index in [1.807, 2.05) is 0 Å². The van der Waals surface area contributed by atoms with Gasteiger partial charge in [0.15, 0.2) is 0 Å². The van der Waals surface area contributed by atoms with E-state index in [-0.39, 0.29) is 11.0 Å². The third-order valence-corrected chi connectivity index (χ3v) is 3.62. The van der Waals surface area contributed by atoms with Crippen molar-refractivity contribution in [3.05, 3.63) is 38.1 Å². The van der Waals surface area contributed by atoms with Gasteiger partial charge < -0.3 is 10.1 Å². The Morgan fingerprint density at radius 3 is 2.68 bits per heavy atom. The summed E-state index contributed by atoms with van der Waals surface area (Å²) in [4.78, 5) is 8.19. The first-order valence-electron chi connectivity index (χ1n) is 4.99. The van der Waals surface area contributed by atoms with Crippen molar-refractivity contribution in [3.63, 3.8) is 0 Å². The highest BCUT2D eigenvalue weighted by Crippen LogP contribution is 2.34. The molecule has 0 atom stereocenters. The lowest BCUT2D eigenvalue weighted by atomic mass is 10.3. The van der Waals surface area contributed by atoms with Gasteiger partial charge in [-0.1, -0.05) is 11.6 Å². The van der Waals surface area contributed by atoms with Crippen molar-refractivity contribution >= 4 is 55.1 Å². The number of anilines is 2. The maximum atomic E-state index is 13.1. The van der Waals surface area contributed by atoms with Crippen LogP contribution >= 0.6 is 43.5 Å². The van der Waals surface area contributed by atoms with Crippen LogP contribution in [0.5, 0.6) is 5.88 Å². The first-order chi connectivity index (χ1) is 9.01. The Morgan fingerprint density at radius 2 is 2.05 bits per heavy atom. The number of benzene rings is 1. The van der Waals surface area contributed by atoms with Crippen LogP contribution in [0.25, 0.3) is 0 Å². The lowest BCUT2D eigenvalue weighted by molar-refractivity contribution is 0.394. The smallest absolute Gasteiger partial charge is 0.232 e. The maximum absolute atomic E-state index is 13.1. The molecule has 1 aromatic heterocycles. The molecule has 0 spiro atoms. The molecule has 0 aliphatic rings. The molecule has 0 amide bonds. The highest BCUT2D eigenvalue weighted by molar-refractivity contribution is 9.11. The second-order valence-corrected chi connectivity index (χ2v) is 5.54. The molecule has 0 aliphatic carbocycles. The van der Waals surface area contributed by atoms with Crippen LogP contribution in [0.15, 0.2) is 27.3 Å². The minimum Gasteiger partial charge on any atom is -0.480 e. The predicted molar refractivity (Wildman–Crippen MR) is 78.7 cm³/mol. The molecule has 8 heteroatoms. The SMILES string of the molecule is COc1nc(Nc2c(Cl)cc(F)cc2Br)ncc1Br. The van der Waals surface area contributed by atoms with E-state index in [2.05, 4.69) is 47.1 Å². The number of aromatic nitrogens is 2. The van der Waals surface area contributed by atoms with Crippen LogP contribution in [0.1, 0.15) is 0 Å². The van der Waals surface area contributed by atoms with Crippen LogP contribution in [0.4, 0.5) is 16.0 Å². The van der Waals surface area contributed by atoms with Gasteiger partial charge in [-0.25, -0.2) is 9.37 Å². The largest absolute Gasteiger partial charge is 0.480 e. The van der Waals surface area contributed by atoms with Gasteiger partial charge in [0, 0.05) is 4.47 Å². The van der Waals surface area contributed by atoms with Gasteiger partial charge in [0.1, 0.15) is 5.82 Å². The minimum atomic E-state index is -0.434. The van der Waals surface area contributed by atoms with Crippen LogP contribution in [-0.4, -0.2) is 17.1 Å². The summed E-state index contributed by atoms with van der Waals surface area (Å²) in [5, 5.41) is 3.12. The van der Waals surface area contributed by atoms with Crippen molar-refractivity contribution in [1.29, 1.82) is 0 Å². The van der Waals surface area contributed by atoms with Crippen LogP contribution in [0.2, 0.25) is 5.02 Å². The summed E-state index contributed by atoms with van der Waals surface area (Å²) >= 11 is 12.4. The van der Waals surface area contributed by atoms with E-state index >= 15 is 0 Å². The Kier molecular flexibility index (Phi) is 4.59. The van der Waals surface area contributed by atoms with E-state index in [0.29, 0.717) is 20.5 Å². The first-order valence-corrected chi connectivity index (χ1v) is 6.95. The maximum Gasteiger partial charge on any atom is 0.232 e. The zero-order chi connectivity index (χ0) is 14.0. The Labute approximate surface area is 130 Å². The quantitative estimate of drug-likeness (QED) is 0.805. The number of hydrogen-bond acceptors (Lipinski definition) is 4. The summed E-state index contributed by atoms with van der Waals surface area (Å²) in [6.07, 6.45) is 1.54. The van der Waals surface area contributed by atoms with Gasteiger partial charge in [-0.05, 0) is 44.0 Å². The average Bonchev–Trinajstić information content (AvgIpc) is 2.35. The fourth-order valence-corrected chi connectivity index (χ4v) is 2.58. The van der Waals surface area contributed by atoms with Crippen LogP contribution in [0, 0.1) is 5.82 Å². The molecular weight excluding hydrogens is 404 g/mol. The molecule has 0 unspecified atom stereocenters. The fraction of sp³-hybridized carbons (Fsp3) is 0.0909. The molecule has 0 radical (unpaired) electrons. The van der Waals surface area contributed by atoms with Gasteiger partial charge >= 0.3 is 0 Å². The van der Waals surface area contributed by atoms with Crippen molar-refractivity contribution in [3.8, 4) is 5.88 Å². The summed E-state index contributed by atoms with van der Waals surface area (Å²) in [5.74, 6) is 0.234. The molecule has 0 bridgehead atoms. The van der Waals surface area contributed by atoms with E-state index in [4.69, 9.17) is 16.3 Å². The van der Waals surface area contributed by atoms with E-state index in [0.717, 1.165) is 0 Å². The van der Waals surface area contributed by atoms with Gasteiger partial charge in [0.2, 0.25) is 11.8 Å². The Morgan fingerprint density at radius 1 is 1.32 bits per heavy atom. The van der Waals surface area contributed by atoms with E-state index in [1.54, 1.807) is 6.20 Å². The molecule has 100 valence electrons. The summed E-state index contributed by atoms with van der Waals surface area (Å²) in [5.41, 5.74) is 0.479. The van der Waals surface area contributed by atoms with Crippen LogP contribution < -0.4 is 10.1 Å². The minimum absolute atomic E-state index is 0.220. The third-order valence-electron chi connectivity index (χ3n) is 2.15. The number of ether oxygens (including phenoxy) is 1.